The van der Waals surface area contributed by atoms with Gasteiger partial charge in [-0.2, -0.15) is 0 Å². The summed E-state index contributed by atoms with van der Waals surface area (Å²) in [5.41, 5.74) is 1.00. The van der Waals surface area contributed by atoms with Gasteiger partial charge in [0.15, 0.2) is 0 Å². The van der Waals surface area contributed by atoms with E-state index in [4.69, 9.17) is 0 Å². The molecule has 1 aromatic rings. The van der Waals surface area contributed by atoms with Crippen LogP contribution in [0.2, 0.25) is 0 Å². The number of hydrogen-bond acceptors (Lipinski definition) is 3. The van der Waals surface area contributed by atoms with E-state index in [1.807, 2.05) is 37.3 Å². The molecule has 7 nitrogen and oxygen atoms in total. The van der Waals surface area contributed by atoms with E-state index in [9.17, 15) is 14.4 Å². The standard InChI is InChI=1S/C22H34N4O3/c1-4-14-23-22(29)26(15-5-2)16-10-9-13-20(25-18(3)27)21(28)24-17-19-11-7-6-8-12-19/h4,6-8,11-12,20H,1,5,9-10,13-17H2,2-3H3,(H,23,29)(H,24,28)(H,25,27)/t20-/m0/s1. The second kappa shape index (κ2) is 14.2. The molecule has 0 aromatic heterocycles. The molecule has 0 aliphatic carbocycles. The number of urea groups is 1. The van der Waals surface area contributed by atoms with Gasteiger partial charge in [-0.1, -0.05) is 43.3 Å². The number of carbonyl (C=O) groups is 3. The Labute approximate surface area is 173 Å². The summed E-state index contributed by atoms with van der Waals surface area (Å²) in [6.07, 6.45) is 4.52. The minimum Gasteiger partial charge on any atom is -0.350 e. The Hall–Kier alpha value is -2.83. The summed E-state index contributed by atoms with van der Waals surface area (Å²) in [5, 5.41) is 8.39. The van der Waals surface area contributed by atoms with Crippen molar-refractivity contribution in [2.75, 3.05) is 19.6 Å². The maximum atomic E-state index is 12.5. The largest absolute Gasteiger partial charge is 0.350 e. The van der Waals surface area contributed by atoms with Crippen LogP contribution in [0.5, 0.6) is 0 Å². The first-order chi connectivity index (χ1) is 14.0. The molecule has 1 atom stereocenters. The lowest BCUT2D eigenvalue weighted by molar-refractivity contribution is -0.128. The van der Waals surface area contributed by atoms with Gasteiger partial charge in [-0.3, -0.25) is 9.59 Å². The zero-order valence-corrected chi connectivity index (χ0v) is 17.6. The summed E-state index contributed by atoms with van der Waals surface area (Å²) < 4.78 is 0. The Morgan fingerprint density at radius 1 is 1.10 bits per heavy atom. The van der Waals surface area contributed by atoms with E-state index < -0.39 is 6.04 Å². The van der Waals surface area contributed by atoms with E-state index in [-0.39, 0.29) is 17.8 Å². The van der Waals surface area contributed by atoms with E-state index in [1.54, 1.807) is 11.0 Å². The van der Waals surface area contributed by atoms with Crippen molar-refractivity contribution in [3.63, 3.8) is 0 Å². The van der Waals surface area contributed by atoms with Gasteiger partial charge in [0.25, 0.3) is 0 Å². The number of amides is 4. The van der Waals surface area contributed by atoms with Crippen molar-refractivity contribution in [2.24, 2.45) is 0 Å². The van der Waals surface area contributed by atoms with Crippen LogP contribution in [0.15, 0.2) is 43.0 Å². The zero-order valence-electron chi connectivity index (χ0n) is 17.6. The van der Waals surface area contributed by atoms with Crippen molar-refractivity contribution in [3.8, 4) is 0 Å². The zero-order chi connectivity index (χ0) is 21.5. The van der Waals surface area contributed by atoms with E-state index in [2.05, 4.69) is 22.5 Å². The third-order valence-electron chi connectivity index (χ3n) is 4.35. The van der Waals surface area contributed by atoms with Crippen LogP contribution in [0.25, 0.3) is 0 Å². The minimum absolute atomic E-state index is 0.106. The Bertz CT molecular complexity index is 649. The highest BCUT2D eigenvalue weighted by atomic mass is 16.2. The molecule has 0 aliphatic heterocycles. The smallest absolute Gasteiger partial charge is 0.317 e. The van der Waals surface area contributed by atoms with Crippen molar-refractivity contribution in [2.45, 2.75) is 52.1 Å². The number of benzene rings is 1. The summed E-state index contributed by atoms with van der Waals surface area (Å²) in [4.78, 5) is 37.9. The van der Waals surface area contributed by atoms with Gasteiger partial charge in [-0.15, -0.1) is 6.58 Å². The maximum Gasteiger partial charge on any atom is 0.317 e. The second-order valence-electron chi connectivity index (χ2n) is 6.91. The lowest BCUT2D eigenvalue weighted by Crippen LogP contribution is -2.46. The van der Waals surface area contributed by atoms with Crippen LogP contribution in [0.4, 0.5) is 4.79 Å². The fourth-order valence-electron chi connectivity index (χ4n) is 2.93. The molecule has 0 saturated heterocycles. The molecule has 0 saturated carbocycles. The predicted molar refractivity (Wildman–Crippen MR) is 115 cm³/mol. The molecule has 4 amide bonds. The molecule has 0 aliphatic rings. The Kier molecular flexibility index (Phi) is 11.9. The maximum absolute atomic E-state index is 12.5. The van der Waals surface area contributed by atoms with Crippen LogP contribution in [0.3, 0.4) is 0 Å². The molecule has 0 heterocycles. The quantitative estimate of drug-likeness (QED) is 0.350. The van der Waals surface area contributed by atoms with Gasteiger partial charge in [0.05, 0.1) is 0 Å². The molecular weight excluding hydrogens is 368 g/mol. The van der Waals surface area contributed by atoms with Crippen molar-refractivity contribution in [3.05, 3.63) is 48.6 Å². The molecule has 0 bridgehead atoms. The van der Waals surface area contributed by atoms with Crippen molar-refractivity contribution >= 4 is 17.8 Å². The van der Waals surface area contributed by atoms with Gasteiger partial charge < -0.3 is 20.9 Å². The van der Waals surface area contributed by atoms with Crippen LogP contribution >= 0.6 is 0 Å². The Morgan fingerprint density at radius 3 is 2.45 bits per heavy atom. The molecule has 0 fully saturated rings. The first-order valence-electron chi connectivity index (χ1n) is 10.2. The molecule has 29 heavy (non-hydrogen) atoms. The van der Waals surface area contributed by atoms with Crippen LogP contribution < -0.4 is 16.0 Å². The molecule has 160 valence electrons. The molecule has 0 spiro atoms. The third-order valence-corrected chi connectivity index (χ3v) is 4.35. The molecule has 3 N–H and O–H groups in total. The average molecular weight is 403 g/mol. The highest BCUT2D eigenvalue weighted by Gasteiger charge is 2.19. The number of carbonyl (C=O) groups excluding carboxylic acids is 3. The number of unbranched alkanes of at least 4 members (excludes halogenated alkanes) is 1. The number of hydrogen-bond donors (Lipinski definition) is 3. The average Bonchev–Trinajstić information content (AvgIpc) is 2.72. The normalized spacial score (nSPS) is 11.2. The van der Waals surface area contributed by atoms with E-state index in [0.29, 0.717) is 32.6 Å². The summed E-state index contributed by atoms with van der Waals surface area (Å²) in [7, 11) is 0. The second-order valence-corrected chi connectivity index (χ2v) is 6.91. The third kappa shape index (κ3) is 10.3. The summed E-state index contributed by atoms with van der Waals surface area (Å²) in [5.74, 6) is -0.431. The van der Waals surface area contributed by atoms with Gasteiger partial charge in [0.2, 0.25) is 11.8 Å². The highest BCUT2D eigenvalue weighted by molar-refractivity contribution is 5.86. The molecule has 1 aromatic carbocycles. The van der Waals surface area contributed by atoms with Crippen LogP contribution in [0.1, 0.15) is 45.1 Å². The summed E-state index contributed by atoms with van der Waals surface area (Å²) in [6, 6.07) is 8.95. The fraction of sp³-hybridized carbons (Fsp3) is 0.500. The molecule has 1 rings (SSSR count). The SMILES string of the molecule is C=CCNC(=O)N(CCC)CCCC[C@H](NC(C)=O)C(=O)NCc1ccccc1. The van der Waals surface area contributed by atoms with E-state index in [0.717, 1.165) is 24.8 Å². The van der Waals surface area contributed by atoms with E-state index >= 15 is 0 Å². The Balaban J connectivity index is 2.48. The monoisotopic (exact) mass is 402 g/mol. The van der Waals surface area contributed by atoms with Crippen molar-refractivity contribution < 1.29 is 14.4 Å². The number of rotatable bonds is 13. The Morgan fingerprint density at radius 2 is 1.83 bits per heavy atom. The first kappa shape index (κ1) is 24.2. The van der Waals surface area contributed by atoms with Crippen LogP contribution in [-0.4, -0.2) is 48.4 Å². The topological polar surface area (TPSA) is 90.5 Å². The molecular formula is C22H34N4O3. The van der Waals surface area contributed by atoms with Crippen LogP contribution in [0, 0.1) is 0 Å². The summed E-state index contributed by atoms with van der Waals surface area (Å²) in [6.45, 7) is 9.17. The lowest BCUT2D eigenvalue weighted by Gasteiger charge is -2.23. The van der Waals surface area contributed by atoms with Gasteiger partial charge in [0, 0.05) is 33.1 Å². The number of nitrogens with one attached hydrogen (secondary N) is 3. The predicted octanol–water partition coefficient (Wildman–Crippen LogP) is 2.59. The molecule has 0 radical (unpaired) electrons. The van der Waals surface area contributed by atoms with Gasteiger partial charge in [0.1, 0.15) is 6.04 Å². The first-order valence-corrected chi connectivity index (χ1v) is 10.2. The minimum atomic E-state index is -0.578. The van der Waals surface area contributed by atoms with Gasteiger partial charge in [-0.25, -0.2) is 4.79 Å². The fourth-order valence-corrected chi connectivity index (χ4v) is 2.93. The van der Waals surface area contributed by atoms with Crippen LogP contribution in [-0.2, 0) is 16.1 Å². The highest BCUT2D eigenvalue weighted by Crippen LogP contribution is 2.06. The molecule has 7 heteroatoms. The lowest BCUT2D eigenvalue weighted by atomic mass is 10.1. The van der Waals surface area contributed by atoms with Gasteiger partial charge in [-0.05, 0) is 31.2 Å². The molecule has 0 unspecified atom stereocenters. The number of nitrogens with zero attached hydrogens (tertiary/aromatic N) is 1. The van der Waals surface area contributed by atoms with E-state index in [1.165, 1.54) is 6.92 Å². The van der Waals surface area contributed by atoms with Gasteiger partial charge >= 0.3 is 6.03 Å². The van der Waals surface area contributed by atoms with Crippen molar-refractivity contribution in [1.29, 1.82) is 0 Å². The summed E-state index contributed by atoms with van der Waals surface area (Å²) >= 11 is 0. The van der Waals surface area contributed by atoms with Crippen molar-refractivity contribution in [1.82, 2.24) is 20.9 Å².